The van der Waals surface area contributed by atoms with Gasteiger partial charge in [-0.25, -0.2) is 0 Å². The Balaban J connectivity index is 2.36. The minimum Gasteiger partial charge on any atom is -0.302 e. The first kappa shape index (κ1) is 31.8. The van der Waals surface area contributed by atoms with E-state index >= 15 is 4.57 Å². The van der Waals surface area contributed by atoms with Crippen LogP contribution in [0, 0.1) is 53.4 Å². The largest absolute Gasteiger partial charge is 0.302 e. The van der Waals surface area contributed by atoms with Crippen LogP contribution >= 0.6 is 7.14 Å². The minimum atomic E-state index is -4.27. The first-order valence-corrected chi connectivity index (χ1v) is 16.3. The first-order valence-electron chi connectivity index (χ1n) is 14.6. The molecular weight excluding hydrogens is 511 g/mol. The number of hydrogen-bond acceptors (Lipinski definition) is 3. The van der Waals surface area contributed by atoms with E-state index in [9.17, 15) is 9.59 Å². The van der Waals surface area contributed by atoms with Crippen molar-refractivity contribution in [3.63, 3.8) is 0 Å². The summed E-state index contributed by atoms with van der Waals surface area (Å²) in [5, 5.41) is 0.412. The molecule has 0 fully saturated rings. The molecule has 0 saturated heterocycles. The van der Waals surface area contributed by atoms with Crippen molar-refractivity contribution >= 4 is 23.5 Å². The third-order valence-corrected chi connectivity index (χ3v) is 10.5. The molecule has 0 aliphatic rings. The van der Waals surface area contributed by atoms with Gasteiger partial charge in [0.25, 0.3) is 0 Å². The van der Waals surface area contributed by atoms with Crippen LogP contribution in [0.3, 0.4) is 0 Å². The molecule has 0 N–H and O–H groups in total. The fourth-order valence-electron chi connectivity index (χ4n) is 5.86. The van der Waals surface area contributed by atoms with Crippen LogP contribution < -0.4 is 5.30 Å². The smallest absolute Gasteiger partial charge is 0.248 e. The topological polar surface area (TPSA) is 51.2 Å². The Morgan fingerprint density at radius 2 is 1.02 bits per heavy atom. The van der Waals surface area contributed by atoms with Crippen LogP contribution in [0.4, 0.5) is 0 Å². The lowest BCUT2D eigenvalue weighted by molar-refractivity contribution is 0.104. The number of rotatable bonds is 11. The van der Waals surface area contributed by atoms with Crippen molar-refractivity contribution in [2.75, 3.05) is 0 Å². The molecule has 40 heavy (non-hydrogen) atoms. The number of hydrogen-bond donors (Lipinski definition) is 0. The SMILES string of the molecule is Cc1cc(C)c(C(=O)P(=O)(C(=O)c2c(C)cc(C)cc2C)c2ccc(CCC(C)C)cc2CCC(C)C)c(C)c1. The molecule has 0 atom stereocenters. The fourth-order valence-corrected chi connectivity index (χ4v) is 8.68. The molecule has 0 saturated carbocycles. The molecule has 0 spiro atoms. The van der Waals surface area contributed by atoms with Gasteiger partial charge in [0.15, 0.2) is 0 Å². The molecule has 0 amide bonds. The van der Waals surface area contributed by atoms with Gasteiger partial charge in [-0.05, 0) is 112 Å². The summed E-state index contributed by atoms with van der Waals surface area (Å²) in [7, 11) is -4.27. The summed E-state index contributed by atoms with van der Waals surface area (Å²) in [5.41, 5.74) is 6.82. The maximum atomic E-state index is 15.5. The molecule has 3 nitrogen and oxygen atoms in total. The first-order chi connectivity index (χ1) is 18.7. The Morgan fingerprint density at radius 1 is 0.625 bits per heavy atom. The molecule has 0 unspecified atom stereocenters. The van der Waals surface area contributed by atoms with E-state index in [1.807, 2.05) is 77.9 Å². The zero-order chi connectivity index (χ0) is 29.9. The van der Waals surface area contributed by atoms with Crippen molar-refractivity contribution in [1.82, 2.24) is 0 Å². The van der Waals surface area contributed by atoms with E-state index in [4.69, 9.17) is 0 Å². The van der Waals surface area contributed by atoms with E-state index in [0.29, 0.717) is 34.7 Å². The van der Waals surface area contributed by atoms with Gasteiger partial charge in [0.2, 0.25) is 18.2 Å². The zero-order valence-corrected chi connectivity index (χ0v) is 27.1. The summed E-state index contributed by atoms with van der Waals surface area (Å²) in [6, 6.07) is 13.7. The quantitative estimate of drug-likeness (QED) is 0.220. The van der Waals surface area contributed by atoms with Crippen LogP contribution in [0.5, 0.6) is 0 Å². The lowest BCUT2D eigenvalue weighted by atomic mass is 9.97. The maximum absolute atomic E-state index is 15.5. The van der Waals surface area contributed by atoms with Crippen LogP contribution in [0.2, 0.25) is 0 Å². The second-order valence-electron chi connectivity index (χ2n) is 12.6. The highest BCUT2D eigenvalue weighted by Gasteiger charge is 2.46. The second-order valence-corrected chi connectivity index (χ2v) is 15.1. The molecule has 4 heteroatoms. The molecule has 3 rings (SSSR count). The molecule has 0 aromatic heterocycles. The lowest BCUT2D eigenvalue weighted by Gasteiger charge is -2.24. The molecule has 3 aromatic rings. The molecule has 0 aliphatic heterocycles. The van der Waals surface area contributed by atoms with E-state index in [0.717, 1.165) is 63.8 Å². The standard InChI is InChI=1S/C36H47O3P/c1-22(2)11-13-30-14-16-32(31(21-30)15-12-23(3)4)40(39,35(37)33-26(7)17-24(5)18-27(33)8)36(38)34-28(9)19-25(6)20-29(34)10/h14,16-23H,11-13,15H2,1-10H3. The molecule has 0 aliphatic carbocycles. The summed E-state index contributed by atoms with van der Waals surface area (Å²) in [6.07, 6.45) is 3.51. The van der Waals surface area contributed by atoms with Crippen LogP contribution in [0.1, 0.15) is 106 Å². The molecule has 0 bridgehead atoms. The van der Waals surface area contributed by atoms with Crippen molar-refractivity contribution in [3.05, 3.63) is 98.1 Å². The van der Waals surface area contributed by atoms with Gasteiger partial charge < -0.3 is 4.57 Å². The highest BCUT2D eigenvalue weighted by molar-refractivity contribution is 8.01. The Morgan fingerprint density at radius 3 is 1.43 bits per heavy atom. The monoisotopic (exact) mass is 558 g/mol. The Kier molecular flexibility index (Phi) is 10.2. The molecular formula is C36H47O3P. The molecule has 0 heterocycles. The molecule has 0 radical (unpaired) electrons. The van der Waals surface area contributed by atoms with E-state index in [2.05, 4.69) is 33.8 Å². The van der Waals surface area contributed by atoms with Gasteiger partial charge in [-0.3, -0.25) is 9.59 Å². The van der Waals surface area contributed by atoms with Crippen molar-refractivity contribution in [1.29, 1.82) is 0 Å². The fraction of sp³-hybridized carbons (Fsp3) is 0.444. The van der Waals surface area contributed by atoms with Gasteiger partial charge in [-0.1, -0.05) is 81.3 Å². The Labute approximate surface area is 242 Å². The predicted molar refractivity (Wildman–Crippen MR) is 170 cm³/mol. The second kappa shape index (κ2) is 12.8. The summed E-state index contributed by atoms with van der Waals surface area (Å²) < 4.78 is 15.5. The maximum Gasteiger partial charge on any atom is 0.248 e. The average molecular weight is 559 g/mol. The highest BCUT2D eigenvalue weighted by Crippen LogP contribution is 2.53. The van der Waals surface area contributed by atoms with Gasteiger partial charge in [-0.15, -0.1) is 0 Å². The van der Waals surface area contributed by atoms with Crippen molar-refractivity contribution in [2.45, 2.75) is 94.9 Å². The predicted octanol–water partition coefficient (Wildman–Crippen LogP) is 9.38. The average Bonchev–Trinajstić information content (AvgIpc) is 2.84. The van der Waals surface area contributed by atoms with E-state index < -0.39 is 18.2 Å². The number of aryl methyl sites for hydroxylation is 8. The van der Waals surface area contributed by atoms with Crippen LogP contribution in [-0.4, -0.2) is 11.0 Å². The summed E-state index contributed by atoms with van der Waals surface area (Å²) in [6.45, 7) is 20.2. The van der Waals surface area contributed by atoms with Crippen LogP contribution in [0.25, 0.3) is 0 Å². The Bertz CT molecular complexity index is 1360. The van der Waals surface area contributed by atoms with Gasteiger partial charge in [0, 0.05) is 16.4 Å². The third kappa shape index (κ3) is 6.74. The lowest BCUT2D eigenvalue weighted by Crippen LogP contribution is -2.26. The summed E-state index contributed by atoms with van der Waals surface area (Å²) in [4.78, 5) is 29.3. The molecule has 214 valence electrons. The summed E-state index contributed by atoms with van der Waals surface area (Å²) in [5.74, 6) is 0.995. The highest BCUT2D eigenvalue weighted by atomic mass is 31.2. The third-order valence-electron chi connectivity index (χ3n) is 7.84. The molecule has 3 aromatic carbocycles. The van der Waals surface area contributed by atoms with E-state index in [1.54, 1.807) is 0 Å². The summed E-state index contributed by atoms with van der Waals surface area (Å²) >= 11 is 0. The van der Waals surface area contributed by atoms with Crippen LogP contribution in [0.15, 0.2) is 42.5 Å². The number of carbonyl (C=O) groups excluding carboxylic acids is 2. The van der Waals surface area contributed by atoms with Crippen LogP contribution in [-0.2, 0) is 17.4 Å². The van der Waals surface area contributed by atoms with Crippen molar-refractivity contribution in [2.24, 2.45) is 11.8 Å². The Hall–Kier alpha value is -2.77. The number of benzene rings is 3. The van der Waals surface area contributed by atoms with Crippen molar-refractivity contribution < 1.29 is 14.2 Å². The van der Waals surface area contributed by atoms with Gasteiger partial charge in [-0.2, -0.15) is 0 Å². The zero-order valence-electron chi connectivity index (χ0n) is 26.2. The van der Waals surface area contributed by atoms with E-state index in [-0.39, 0.29) is 0 Å². The minimum absolute atomic E-state index is 0.406. The normalized spacial score (nSPS) is 11.9. The van der Waals surface area contributed by atoms with E-state index in [1.165, 1.54) is 0 Å². The van der Waals surface area contributed by atoms with Gasteiger partial charge in [0.1, 0.15) is 0 Å². The van der Waals surface area contributed by atoms with Gasteiger partial charge in [0.05, 0.1) is 0 Å². The van der Waals surface area contributed by atoms with Gasteiger partial charge >= 0.3 is 0 Å². The number of carbonyl (C=O) groups is 2. The van der Waals surface area contributed by atoms with Crippen molar-refractivity contribution in [3.8, 4) is 0 Å².